The van der Waals surface area contributed by atoms with Crippen molar-refractivity contribution in [2.24, 2.45) is 5.73 Å². The van der Waals surface area contributed by atoms with Crippen LogP contribution in [-0.4, -0.2) is 99.9 Å². The van der Waals surface area contributed by atoms with Crippen molar-refractivity contribution in [3.63, 3.8) is 0 Å². The highest BCUT2D eigenvalue weighted by molar-refractivity contribution is 7.19. The van der Waals surface area contributed by atoms with Crippen molar-refractivity contribution >= 4 is 34.0 Å². The summed E-state index contributed by atoms with van der Waals surface area (Å²) in [5.74, 6) is -0.760. The van der Waals surface area contributed by atoms with Crippen LogP contribution in [0.2, 0.25) is 0 Å². The van der Waals surface area contributed by atoms with E-state index < -0.39 is 11.7 Å². The van der Waals surface area contributed by atoms with E-state index in [2.05, 4.69) is 20.0 Å². The number of thiazole rings is 1. The zero-order valence-corrected chi connectivity index (χ0v) is 24.3. The number of carbonyl (C=O) groups is 2. The lowest BCUT2D eigenvalue weighted by Crippen LogP contribution is -2.57. The average molecular weight is 607 g/mol. The van der Waals surface area contributed by atoms with Crippen molar-refractivity contribution in [2.45, 2.75) is 24.9 Å². The van der Waals surface area contributed by atoms with Crippen molar-refractivity contribution < 1.29 is 23.5 Å². The topological polar surface area (TPSA) is 135 Å². The molecule has 3 aliphatic rings. The summed E-state index contributed by atoms with van der Waals surface area (Å²) >= 11 is 1.33. The zero-order valence-electron chi connectivity index (χ0n) is 23.5. The highest BCUT2D eigenvalue weighted by Gasteiger charge is 2.35. The molecule has 0 atom stereocenters. The van der Waals surface area contributed by atoms with Crippen LogP contribution in [0.3, 0.4) is 0 Å². The molecule has 3 aromatic heterocycles. The van der Waals surface area contributed by atoms with E-state index >= 15 is 0 Å². The minimum atomic E-state index is -0.654. The number of rotatable bonds is 9. The van der Waals surface area contributed by atoms with Crippen molar-refractivity contribution in [2.75, 3.05) is 51.4 Å². The number of amides is 2. The fourth-order valence-corrected chi connectivity index (χ4v) is 6.68. The van der Waals surface area contributed by atoms with Crippen LogP contribution in [0.5, 0.6) is 5.75 Å². The van der Waals surface area contributed by atoms with Gasteiger partial charge in [0.2, 0.25) is 0 Å². The van der Waals surface area contributed by atoms with Gasteiger partial charge < -0.3 is 30.0 Å². The molecule has 3 N–H and O–H groups in total. The van der Waals surface area contributed by atoms with Crippen LogP contribution < -0.4 is 15.4 Å². The predicted octanol–water partition coefficient (Wildman–Crippen LogP) is 3.03. The van der Waals surface area contributed by atoms with Gasteiger partial charge in [0, 0.05) is 44.5 Å². The standard InChI is InChI=1S/C29H31FN8O4S/c1-41-24-11-18(30)2-5-23(24)37-14-20(13-33-37)38(19-3-4-19)29-34-25(27(31)39)26(43-29)22-10-17(12-32-22)28(40)36-8-6-35(7-9-36)21-15-42-16-21/h2,5,10-14,19,21,32H,3-4,6-9,15-16H2,1H3,(H2,31,39). The monoisotopic (exact) mass is 606 g/mol. The van der Waals surface area contributed by atoms with Gasteiger partial charge >= 0.3 is 0 Å². The van der Waals surface area contributed by atoms with Crippen LogP contribution >= 0.6 is 11.3 Å². The lowest BCUT2D eigenvalue weighted by Gasteiger charge is -2.42. The number of benzene rings is 1. The maximum atomic E-state index is 13.8. The summed E-state index contributed by atoms with van der Waals surface area (Å²) in [6.07, 6.45) is 7.10. The smallest absolute Gasteiger partial charge is 0.268 e. The Hall–Kier alpha value is -4.27. The summed E-state index contributed by atoms with van der Waals surface area (Å²) in [7, 11) is 1.48. The molecule has 1 saturated carbocycles. The number of aromatic amines is 1. The van der Waals surface area contributed by atoms with Gasteiger partial charge in [0.05, 0.1) is 60.6 Å². The molecule has 3 fully saturated rings. The van der Waals surface area contributed by atoms with Gasteiger partial charge in [-0.2, -0.15) is 5.10 Å². The quantitative estimate of drug-likeness (QED) is 0.297. The molecule has 2 aliphatic heterocycles. The van der Waals surface area contributed by atoms with Crippen LogP contribution in [0.4, 0.5) is 15.2 Å². The van der Waals surface area contributed by atoms with E-state index in [0.717, 1.165) is 44.8 Å². The van der Waals surface area contributed by atoms with Gasteiger partial charge in [-0.15, -0.1) is 0 Å². The second-order valence-corrected chi connectivity index (χ2v) is 11.9. The van der Waals surface area contributed by atoms with E-state index in [0.29, 0.717) is 51.8 Å². The second kappa shape index (κ2) is 11.1. The molecule has 1 aliphatic carbocycles. The molecular formula is C29H31FN8O4S. The van der Waals surface area contributed by atoms with Gasteiger partial charge in [-0.3, -0.25) is 14.5 Å². The third-order valence-electron chi connectivity index (χ3n) is 8.12. The number of methoxy groups -OCH3 is 1. The Morgan fingerprint density at radius 3 is 2.65 bits per heavy atom. The van der Waals surface area contributed by atoms with Gasteiger partial charge in [0.25, 0.3) is 11.8 Å². The Morgan fingerprint density at radius 2 is 1.98 bits per heavy atom. The van der Waals surface area contributed by atoms with Gasteiger partial charge in [0.1, 0.15) is 17.3 Å². The van der Waals surface area contributed by atoms with E-state index in [9.17, 15) is 14.0 Å². The predicted molar refractivity (Wildman–Crippen MR) is 158 cm³/mol. The van der Waals surface area contributed by atoms with Crippen molar-refractivity contribution in [1.82, 2.24) is 29.5 Å². The molecule has 0 spiro atoms. The Balaban J connectivity index is 1.14. The summed E-state index contributed by atoms with van der Waals surface area (Å²) in [4.78, 5) is 40.5. The Bertz CT molecular complexity index is 1670. The van der Waals surface area contributed by atoms with Crippen LogP contribution in [0.15, 0.2) is 42.9 Å². The first-order chi connectivity index (χ1) is 20.9. The molecule has 12 nitrogen and oxygen atoms in total. The number of nitrogens with zero attached hydrogens (tertiary/aromatic N) is 6. The third-order valence-corrected chi connectivity index (χ3v) is 9.20. The molecule has 2 saturated heterocycles. The number of carbonyl (C=O) groups excluding carboxylic acids is 2. The molecule has 2 amide bonds. The minimum Gasteiger partial charge on any atom is -0.494 e. The normalized spacial score (nSPS) is 17.6. The Labute approximate surface area is 250 Å². The average Bonchev–Trinajstić information content (AvgIpc) is 3.35. The fraction of sp³-hybridized carbons (Fsp3) is 0.379. The van der Waals surface area contributed by atoms with Crippen LogP contribution in [0.1, 0.15) is 33.7 Å². The van der Waals surface area contributed by atoms with E-state index in [-0.39, 0.29) is 17.6 Å². The van der Waals surface area contributed by atoms with Gasteiger partial charge in [-0.25, -0.2) is 14.1 Å². The first-order valence-electron chi connectivity index (χ1n) is 14.2. The largest absolute Gasteiger partial charge is 0.494 e. The SMILES string of the molecule is COc1cc(F)ccc1-n1cc(N(c2nc(C(N)=O)c(-c3cc(C(=O)N4CCN(C5COC5)CC4)c[nH]3)s2)C2CC2)cn1. The first kappa shape index (κ1) is 27.6. The summed E-state index contributed by atoms with van der Waals surface area (Å²) in [5, 5.41) is 5.09. The zero-order chi connectivity index (χ0) is 29.7. The third kappa shape index (κ3) is 5.26. The van der Waals surface area contributed by atoms with Crippen molar-refractivity contribution in [3.8, 4) is 22.0 Å². The number of piperazine rings is 1. The first-order valence-corrected chi connectivity index (χ1v) is 15.0. The number of hydrogen-bond acceptors (Lipinski definition) is 9. The molecule has 224 valence electrons. The molecule has 0 bridgehead atoms. The molecule has 0 radical (unpaired) electrons. The number of primary amides is 1. The second-order valence-electron chi connectivity index (χ2n) is 10.9. The van der Waals surface area contributed by atoms with Crippen LogP contribution in [0.25, 0.3) is 16.3 Å². The summed E-state index contributed by atoms with van der Waals surface area (Å²) in [6, 6.07) is 6.66. The van der Waals surface area contributed by atoms with Gasteiger partial charge in [0.15, 0.2) is 10.8 Å². The summed E-state index contributed by atoms with van der Waals surface area (Å²) in [6.45, 7) is 4.47. The number of H-pyrrole nitrogens is 1. The Kier molecular flexibility index (Phi) is 7.11. The molecule has 4 aromatic rings. The van der Waals surface area contributed by atoms with E-state index in [1.807, 2.05) is 16.0 Å². The van der Waals surface area contributed by atoms with Gasteiger partial charge in [-0.1, -0.05) is 11.3 Å². The molecule has 14 heteroatoms. The van der Waals surface area contributed by atoms with Crippen LogP contribution in [-0.2, 0) is 4.74 Å². The minimum absolute atomic E-state index is 0.0550. The molecular weight excluding hydrogens is 575 g/mol. The molecule has 5 heterocycles. The van der Waals surface area contributed by atoms with Gasteiger partial charge in [-0.05, 0) is 31.0 Å². The lowest BCUT2D eigenvalue weighted by molar-refractivity contribution is -0.0746. The lowest BCUT2D eigenvalue weighted by atomic mass is 10.1. The van der Waals surface area contributed by atoms with E-state index in [1.54, 1.807) is 29.2 Å². The number of hydrogen-bond donors (Lipinski definition) is 2. The maximum absolute atomic E-state index is 13.8. The number of halogens is 1. The number of ether oxygens (including phenoxy) is 2. The molecule has 1 aromatic carbocycles. The maximum Gasteiger partial charge on any atom is 0.268 e. The number of nitrogens with one attached hydrogen (secondary N) is 1. The highest BCUT2D eigenvalue weighted by atomic mass is 32.1. The number of nitrogens with two attached hydrogens (primary N) is 1. The fourth-order valence-electron chi connectivity index (χ4n) is 5.54. The highest BCUT2D eigenvalue weighted by Crippen LogP contribution is 2.43. The van der Waals surface area contributed by atoms with E-state index in [4.69, 9.17) is 15.2 Å². The molecule has 0 unspecified atom stereocenters. The van der Waals surface area contributed by atoms with Crippen molar-refractivity contribution in [3.05, 3.63) is 59.9 Å². The summed E-state index contributed by atoms with van der Waals surface area (Å²) < 4.78 is 26.0. The number of aromatic nitrogens is 4. The molecule has 43 heavy (non-hydrogen) atoms. The van der Waals surface area contributed by atoms with E-state index in [1.165, 1.54) is 30.6 Å². The number of anilines is 2. The Morgan fingerprint density at radius 1 is 1.19 bits per heavy atom. The van der Waals surface area contributed by atoms with Crippen LogP contribution in [0, 0.1) is 5.82 Å². The molecule has 7 rings (SSSR count). The van der Waals surface area contributed by atoms with Crippen molar-refractivity contribution in [1.29, 1.82) is 0 Å². The summed E-state index contributed by atoms with van der Waals surface area (Å²) in [5.41, 5.74) is 8.40.